The number of hydrogen-bond acceptors (Lipinski definition) is 2. The highest BCUT2D eigenvalue weighted by Crippen LogP contribution is 2.41. The Balaban J connectivity index is 2.54. The van der Waals surface area contributed by atoms with Crippen molar-refractivity contribution in [1.82, 2.24) is 0 Å². The van der Waals surface area contributed by atoms with Gasteiger partial charge >= 0.3 is 6.18 Å². The number of hydrogen-bond donors (Lipinski definition) is 2. The maximum Gasteiger partial charge on any atom is 0.433 e. The molecule has 0 saturated heterocycles. The van der Waals surface area contributed by atoms with Gasteiger partial charge in [0.2, 0.25) is 5.60 Å². The van der Waals surface area contributed by atoms with E-state index in [4.69, 9.17) is 5.73 Å². The fourth-order valence-corrected chi connectivity index (χ4v) is 1.71. The van der Waals surface area contributed by atoms with Gasteiger partial charge in [-0.2, -0.15) is 13.2 Å². The molecule has 3 N–H and O–H groups in total. The zero-order valence-corrected chi connectivity index (χ0v) is 10.4. The van der Waals surface area contributed by atoms with E-state index in [1.165, 1.54) is 12.1 Å². The van der Waals surface area contributed by atoms with Crippen molar-refractivity contribution in [1.29, 1.82) is 0 Å². The van der Waals surface area contributed by atoms with E-state index in [9.17, 15) is 18.3 Å². The van der Waals surface area contributed by atoms with Gasteiger partial charge in [-0.3, -0.25) is 0 Å². The molecular weight excluding hydrogens is 255 g/mol. The summed E-state index contributed by atoms with van der Waals surface area (Å²) in [6.07, 6.45) is -3.33. The lowest BCUT2D eigenvalue weighted by atomic mass is 9.90. The molecule has 1 fully saturated rings. The largest absolute Gasteiger partial charge is 0.433 e. The summed E-state index contributed by atoms with van der Waals surface area (Å²) >= 11 is 0. The maximum absolute atomic E-state index is 13.2. The number of nitrogens with two attached hydrogens (primary N) is 1. The Hall–Kier alpha value is -1.67. The van der Waals surface area contributed by atoms with E-state index in [0.29, 0.717) is 5.56 Å². The van der Waals surface area contributed by atoms with Crippen LogP contribution in [0.25, 0.3) is 0 Å². The van der Waals surface area contributed by atoms with Crippen LogP contribution in [0.2, 0.25) is 0 Å². The molecule has 1 aliphatic rings. The molecule has 1 atom stereocenters. The van der Waals surface area contributed by atoms with Crippen molar-refractivity contribution in [3.8, 4) is 11.8 Å². The van der Waals surface area contributed by atoms with Crippen LogP contribution in [0.1, 0.15) is 24.0 Å². The second kappa shape index (κ2) is 4.46. The van der Waals surface area contributed by atoms with Crippen LogP contribution in [0, 0.1) is 24.7 Å². The number of aryl methyl sites for hydroxylation is 1. The molecule has 1 saturated carbocycles. The number of alkyl halides is 3. The fraction of sp³-hybridized carbons (Fsp3) is 0.429. The van der Waals surface area contributed by atoms with Crippen LogP contribution in [-0.4, -0.2) is 11.3 Å². The Morgan fingerprint density at radius 3 is 2.47 bits per heavy atom. The van der Waals surface area contributed by atoms with Crippen LogP contribution in [0.5, 0.6) is 0 Å². The van der Waals surface area contributed by atoms with E-state index in [1.54, 1.807) is 13.0 Å². The molecule has 102 valence electrons. The molecule has 0 aromatic heterocycles. The first-order valence-corrected chi connectivity index (χ1v) is 5.92. The van der Waals surface area contributed by atoms with Crippen LogP contribution in [-0.2, 0) is 5.60 Å². The highest BCUT2D eigenvalue weighted by Gasteiger charge is 2.55. The lowest BCUT2D eigenvalue weighted by molar-refractivity contribution is -0.240. The molecule has 1 aromatic carbocycles. The van der Waals surface area contributed by atoms with Gasteiger partial charge in [-0.1, -0.05) is 23.5 Å². The minimum atomic E-state index is -4.89. The molecule has 1 aromatic rings. The highest BCUT2D eigenvalue weighted by atomic mass is 19.4. The van der Waals surface area contributed by atoms with Crippen LogP contribution in [0.4, 0.5) is 18.9 Å². The average molecular weight is 269 g/mol. The Bertz CT molecular complexity index is 552. The number of rotatable bonds is 1. The smallest absolute Gasteiger partial charge is 0.398 e. The standard InChI is InChI=1S/C14H14F3NO/c1-9-2-5-12(18)11(8-9)13(19,14(15,16)17)7-6-10-3-4-10/h2,5,8,10,19H,3-4,18H2,1H3/t13-/m0/s1. The minimum Gasteiger partial charge on any atom is -0.398 e. The fourth-order valence-electron chi connectivity index (χ4n) is 1.71. The number of anilines is 1. The summed E-state index contributed by atoms with van der Waals surface area (Å²) in [5.41, 5.74) is 2.44. The second-order valence-electron chi connectivity index (χ2n) is 4.84. The first kappa shape index (κ1) is 13.8. The van der Waals surface area contributed by atoms with Gasteiger partial charge < -0.3 is 10.8 Å². The van der Waals surface area contributed by atoms with Gasteiger partial charge in [-0.25, -0.2) is 0 Å². The summed E-state index contributed by atoms with van der Waals surface area (Å²) in [6, 6.07) is 4.16. The second-order valence-corrected chi connectivity index (χ2v) is 4.84. The zero-order chi connectivity index (χ0) is 14.3. The van der Waals surface area contributed by atoms with Crippen molar-refractivity contribution in [2.24, 2.45) is 5.92 Å². The topological polar surface area (TPSA) is 46.2 Å². The van der Waals surface area contributed by atoms with Crippen molar-refractivity contribution in [2.45, 2.75) is 31.5 Å². The van der Waals surface area contributed by atoms with Crippen molar-refractivity contribution in [3.05, 3.63) is 29.3 Å². The molecule has 0 aliphatic heterocycles. The maximum atomic E-state index is 13.2. The monoisotopic (exact) mass is 269 g/mol. The Labute approximate surface area is 109 Å². The molecule has 0 bridgehead atoms. The van der Waals surface area contributed by atoms with Crippen LogP contribution >= 0.6 is 0 Å². The van der Waals surface area contributed by atoms with Crippen LogP contribution in [0.3, 0.4) is 0 Å². The summed E-state index contributed by atoms with van der Waals surface area (Å²) in [7, 11) is 0. The van der Waals surface area contributed by atoms with Gasteiger partial charge in [0.25, 0.3) is 0 Å². The van der Waals surface area contributed by atoms with Crippen LogP contribution < -0.4 is 5.73 Å². The van der Waals surface area contributed by atoms with E-state index in [0.717, 1.165) is 12.8 Å². The minimum absolute atomic E-state index is 0.0418. The summed E-state index contributed by atoms with van der Waals surface area (Å²) in [4.78, 5) is 0. The average Bonchev–Trinajstić information content (AvgIpc) is 3.11. The molecule has 0 unspecified atom stereocenters. The quantitative estimate of drug-likeness (QED) is 0.608. The van der Waals surface area contributed by atoms with E-state index < -0.39 is 17.3 Å². The predicted molar refractivity (Wildman–Crippen MR) is 66.0 cm³/mol. The molecule has 0 amide bonds. The normalized spacial score (nSPS) is 18.4. The van der Waals surface area contributed by atoms with Gasteiger partial charge in [-0.15, -0.1) is 0 Å². The lowest BCUT2D eigenvalue weighted by Crippen LogP contribution is -2.41. The van der Waals surface area contributed by atoms with Crippen molar-refractivity contribution in [2.75, 3.05) is 5.73 Å². The molecule has 0 spiro atoms. The van der Waals surface area contributed by atoms with E-state index in [2.05, 4.69) is 5.92 Å². The molecule has 19 heavy (non-hydrogen) atoms. The lowest BCUT2D eigenvalue weighted by Gasteiger charge is -2.27. The van der Waals surface area contributed by atoms with Gasteiger partial charge in [-0.05, 0) is 31.9 Å². The first-order valence-electron chi connectivity index (χ1n) is 5.92. The number of halogens is 3. The first-order chi connectivity index (χ1) is 8.74. The molecule has 2 nitrogen and oxygen atoms in total. The van der Waals surface area contributed by atoms with E-state index >= 15 is 0 Å². The van der Waals surface area contributed by atoms with E-state index in [1.807, 2.05) is 5.92 Å². The molecule has 2 rings (SSSR count). The summed E-state index contributed by atoms with van der Waals surface area (Å²) < 4.78 is 39.5. The van der Waals surface area contributed by atoms with Crippen molar-refractivity contribution in [3.63, 3.8) is 0 Å². The summed E-state index contributed by atoms with van der Waals surface area (Å²) in [5.74, 6) is 4.41. The van der Waals surface area contributed by atoms with Gasteiger partial charge in [0.15, 0.2) is 0 Å². The predicted octanol–water partition coefficient (Wildman–Crippen LogP) is 2.74. The third kappa shape index (κ3) is 2.69. The number of aliphatic hydroxyl groups is 1. The third-order valence-electron chi connectivity index (χ3n) is 3.04. The molecule has 5 heteroatoms. The Morgan fingerprint density at radius 1 is 1.32 bits per heavy atom. The number of benzene rings is 1. The van der Waals surface area contributed by atoms with Gasteiger partial charge in [0, 0.05) is 17.2 Å². The van der Waals surface area contributed by atoms with E-state index in [-0.39, 0.29) is 11.6 Å². The molecule has 1 aliphatic carbocycles. The molecule has 0 heterocycles. The number of nitrogen functional groups attached to an aromatic ring is 1. The van der Waals surface area contributed by atoms with Gasteiger partial charge in [0.1, 0.15) is 0 Å². The third-order valence-corrected chi connectivity index (χ3v) is 3.04. The molecular formula is C14H14F3NO. The Morgan fingerprint density at radius 2 is 1.95 bits per heavy atom. The van der Waals surface area contributed by atoms with Crippen LogP contribution in [0.15, 0.2) is 18.2 Å². The highest BCUT2D eigenvalue weighted by molar-refractivity contribution is 5.55. The summed E-state index contributed by atoms with van der Waals surface area (Å²) in [6.45, 7) is 1.63. The molecule has 0 radical (unpaired) electrons. The summed E-state index contributed by atoms with van der Waals surface area (Å²) in [5, 5.41) is 10.0. The van der Waals surface area contributed by atoms with Crippen molar-refractivity contribution >= 4 is 5.69 Å². The SMILES string of the molecule is Cc1ccc(N)c([C@@](O)(C#CC2CC2)C(F)(F)F)c1. The Kier molecular flexibility index (Phi) is 3.23. The zero-order valence-electron chi connectivity index (χ0n) is 10.4. The van der Waals surface area contributed by atoms with Gasteiger partial charge in [0.05, 0.1) is 0 Å². The van der Waals surface area contributed by atoms with Crippen molar-refractivity contribution < 1.29 is 18.3 Å².